The van der Waals surface area contributed by atoms with Gasteiger partial charge in [0.2, 0.25) is 0 Å². The van der Waals surface area contributed by atoms with Gasteiger partial charge in [-0.05, 0) is 50.8 Å². The minimum absolute atomic E-state index is 0.124. The molecule has 6 heteroatoms. The van der Waals surface area contributed by atoms with E-state index >= 15 is 0 Å². The van der Waals surface area contributed by atoms with E-state index in [0.29, 0.717) is 0 Å². The van der Waals surface area contributed by atoms with E-state index in [1.54, 1.807) is 12.3 Å². The molecule has 3 heterocycles. The van der Waals surface area contributed by atoms with Crippen molar-refractivity contribution in [3.8, 4) is 0 Å². The first-order valence-corrected chi connectivity index (χ1v) is 8.80. The van der Waals surface area contributed by atoms with Gasteiger partial charge in [-0.25, -0.2) is 0 Å². The zero-order valence-electron chi connectivity index (χ0n) is 13.7. The lowest BCUT2D eigenvalue weighted by Gasteiger charge is -2.35. The Balaban J connectivity index is 1.55. The molecule has 0 atom stereocenters. The van der Waals surface area contributed by atoms with Crippen molar-refractivity contribution in [1.29, 1.82) is 0 Å². The number of rotatable bonds is 4. The van der Waals surface area contributed by atoms with Crippen LogP contribution >= 0.6 is 0 Å². The quantitative estimate of drug-likeness (QED) is 0.630. The van der Waals surface area contributed by atoms with Crippen LogP contribution in [0.5, 0.6) is 0 Å². The highest BCUT2D eigenvalue weighted by molar-refractivity contribution is 5.61. The van der Waals surface area contributed by atoms with Crippen molar-refractivity contribution in [2.75, 3.05) is 37.6 Å². The van der Waals surface area contributed by atoms with E-state index in [4.69, 9.17) is 0 Å². The maximum absolute atomic E-state index is 11.2. The summed E-state index contributed by atoms with van der Waals surface area (Å²) in [6.45, 7) is 5.51. The smallest absolute Gasteiger partial charge is 0.310 e. The van der Waals surface area contributed by atoms with Crippen LogP contribution in [0.2, 0.25) is 0 Å². The van der Waals surface area contributed by atoms with Crippen LogP contribution < -0.4 is 4.90 Å². The van der Waals surface area contributed by atoms with Crippen molar-refractivity contribution in [2.45, 2.75) is 38.5 Å². The van der Waals surface area contributed by atoms with Gasteiger partial charge in [0, 0.05) is 25.8 Å². The van der Waals surface area contributed by atoms with Crippen molar-refractivity contribution in [2.24, 2.45) is 5.92 Å². The fourth-order valence-electron chi connectivity index (χ4n) is 3.83. The number of pyridine rings is 1. The lowest BCUT2D eigenvalue weighted by atomic mass is 9.95. The molecular formula is C17H26N4O2. The van der Waals surface area contributed by atoms with Crippen LogP contribution in [0.4, 0.5) is 11.4 Å². The van der Waals surface area contributed by atoms with Crippen LogP contribution in [0.3, 0.4) is 0 Å². The highest BCUT2D eigenvalue weighted by Crippen LogP contribution is 2.30. The molecule has 1 aromatic rings. The number of hydrogen-bond acceptors (Lipinski definition) is 5. The highest BCUT2D eigenvalue weighted by atomic mass is 16.6. The predicted octanol–water partition coefficient (Wildman–Crippen LogP) is 3.08. The van der Waals surface area contributed by atoms with Gasteiger partial charge < -0.3 is 9.80 Å². The molecule has 0 radical (unpaired) electrons. The standard InChI is InChI=1S/C17H26N4O2/c22-21(23)17-13-18-8-5-16(17)20-11-6-15(7-12-20)14-19-9-3-1-2-4-10-19/h5,8,13,15H,1-4,6-7,9-12,14H2. The summed E-state index contributed by atoms with van der Waals surface area (Å²) in [5.74, 6) is 0.727. The van der Waals surface area contributed by atoms with Gasteiger partial charge in [0.25, 0.3) is 0 Å². The third-order valence-electron chi connectivity index (χ3n) is 5.14. The molecule has 2 fully saturated rings. The molecule has 3 rings (SSSR count). The van der Waals surface area contributed by atoms with Crippen molar-refractivity contribution >= 4 is 11.4 Å². The first kappa shape index (κ1) is 16.2. The highest BCUT2D eigenvalue weighted by Gasteiger charge is 2.26. The Labute approximate surface area is 137 Å². The Hall–Kier alpha value is -1.69. The second-order valence-electron chi connectivity index (χ2n) is 6.77. The Morgan fingerprint density at radius 2 is 1.83 bits per heavy atom. The van der Waals surface area contributed by atoms with Crippen LogP contribution in [-0.4, -0.2) is 47.5 Å². The summed E-state index contributed by atoms with van der Waals surface area (Å²) < 4.78 is 0. The number of piperidine rings is 1. The fourth-order valence-corrected chi connectivity index (χ4v) is 3.83. The molecule has 23 heavy (non-hydrogen) atoms. The summed E-state index contributed by atoms with van der Waals surface area (Å²) in [6.07, 6.45) is 10.7. The van der Waals surface area contributed by atoms with E-state index in [1.165, 1.54) is 51.5 Å². The number of nitro groups is 1. The van der Waals surface area contributed by atoms with Crippen molar-refractivity contribution < 1.29 is 4.92 Å². The van der Waals surface area contributed by atoms with Gasteiger partial charge in [-0.1, -0.05) is 12.8 Å². The molecule has 0 N–H and O–H groups in total. The molecule has 0 aromatic carbocycles. The van der Waals surface area contributed by atoms with Gasteiger partial charge in [0.05, 0.1) is 4.92 Å². The van der Waals surface area contributed by atoms with Crippen LogP contribution in [0.25, 0.3) is 0 Å². The monoisotopic (exact) mass is 318 g/mol. The molecule has 0 amide bonds. The van der Waals surface area contributed by atoms with E-state index in [0.717, 1.165) is 37.5 Å². The third-order valence-corrected chi connectivity index (χ3v) is 5.14. The summed E-state index contributed by atoms with van der Waals surface area (Å²) in [4.78, 5) is 19.5. The minimum Gasteiger partial charge on any atom is -0.366 e. The maximum atomic E-state index is 11.2. The van der Waals surface area contributed by atoms with E-state index in [9.17, 15) is 10.1 Å². The van der Waals surface area contributed by atoms with Crippen LogP contribution in [0.1, 0.15) is 38.5 Å². The second-order valence-corrected chi connectivity index (χ2v) is 6.77. The topological polar surface area (TPSA) is 62.5 Å². The lowest BCUT2D eigenvalue weighted by molar-refractivity contribution is -0.384. The molecule has 6 nitrogen and oxygen atoms in total. The number of aromatic nitrogens is 1. The Morgan fingerprint density at radius 3 is 2.48 bits per heavy atom. The SMILES string of the molecule is O=[N+]([O-])c1cnccc1N1CCC(CN2CCCCCC2)CC1. The third kappa shape index (κ3) is 4.19. The Kier molecular flexibility index (Phi) is 5.43. The molecule has 2 aliphatic heterocycles. The van der Waals surface area contributed by atoms with Gasteiger partial charge in [0.15, 0.2) is 0 Å². The number of likely N-dealkylation sites (tertiary alicyclic amines) is 1. The number of nitrogens with zero attached hydrogens (tertiary/aromatic N) is 4. The summed E-state index contributed by atoms with van der Waals surface area (Å²) in [5.41, 5.74) is 0.844. The van der Waals surface area contributed by atoms with Gasteiger partial charge in [-0.3, -0.25) is 15.1 Å². The first-order chi connectivity index (χ1) is 11.2. The average Bonchev–Trinajstić information content (AvgIpc) is 2.84. The first-order valence-electron chi connectivity index (χ1n) is 8.80. The number of hydrogen-bond donors (Lipinski definition) is 0. The summed E-state index contributed by atoms with van der Waals surface area (Å²) in [6, 6.07) is 1.77. The summed E-state index contributed by atoms with van der Waals surface area (Å²) in [5, 5.41) is 11.2. The van der Waals surface area contributed by atoms with Gasteiger partial charge in [-0.15, -0.1) is 0 Å². The Bertz CT molecular complexity index is 521. The molecule has 0 aliphatic carbocycles. The number of anilines is 1. The van der Waals surface area contributed by atoms with Gasteiger partial charge in [0.1, 0.15) is 11.9 Å². The van der Waals surface area contributed by atoms with Crippen molar-refractivity contribution in [1.82, 2.24) is 9.88 Å². The zero-order valence-corrected chi connectivity index (χ0v) is 13.7. The molecule has 0 bridgehead atoms. The van der Waals surface area contributed by atoms with Gasteiger partial charge >= 0.3 is 5.69 Å². The average molecular weight is 318 g/mol. The molecular weight excluding hydrogens is 292 g/mol. The predicted molar refractivity (Wildman–Crippen MR) is 90.7 cm³/mol. The molecule has 0 unspecified atom stereocenters. The summed E-state index contributed by atoms with van der Waals surface area (Å²) in [7, 11) is 0. The lowest BCUT2D eigenvalue weighted by Crippen LogP contribution is -2.39. The summed E-state index contributed by atoms with van der Waals surface area (Å²) >= 11 is 0. The molecule has 0 saturated carbocycles. The molecule has 2 aliphatic rings. The zero-order chi connectivity index (χ0) is 16.1. The molecule has 1 aromatic heterocycles. The molecule has 126 valence electrons. The largest absolute Gasteiger partial charge is 0.366 e. The minimum atomic E-state index is -0.328. The van der Waals surface area contributed by atoms with E-state index < -0.39 is 0 Å². The van der Waals surface area contributed by atoms with Gasteiger partial charge in [-0.2, -0.15) is 0 Å². The molecule has 2 saturated heterocycles. The maximum Gasteiger partial charge on any atom is 0.310 e. The fraction of sp³-hybridized carbons (Fsp3) is 0.706. The van der Waals surface area contributed by atoms with Crippen molar-refractivity contribution in [3.05, 3.63) is 28.6 Å². The second kappa shape index (κ2) is 7.73. The normalized spacial score (nSPS) is 21.1. The van der Waals surface area contributed by atoms with E-state index in [-0.39, 0.29) is 10.6 Å². The van der Waals surface area contributed by atoms with Crippen LogP contribution in [0, 0.1) is 16.0 Å². The molecule has 0 spiro atoms. The Morgan fingerprint density at radius 1 is 1.13 bits per heavy atom. The van der Waals surface area contributed by atoms with E-state index in [2.05, 4.69) is 14.8 Å². The van der Waals surface area contributed by atoms with Crippen molar-refractivity contribution in [3.63, 3.8) is 0 Å². The van der Waals surface area contributed by atoms with Crippen LogP contribution in [0.15, 0.2) is 18.5 Å². The van der Waals surface area contributed by atoms with Crippen LogP contribution in [-0.2, 0) is 0 Å². The van der Waals surface area contributed by atoms with E-state index in [1.807, 2.05) is 0 Å².